The lowest BCUT2D eigenvalue weighted by molar-refractivity contribution is -0.125. The maximum Gasteiger partial charge on any atom is 0.223 e. The van der Waals surface area contributed by atoms with Crippen LogP contribution in [0.1, 0.15) is 39.2 Å². The molecule has 0 aliphatic carbocycles. The number of hydrogen-bond acceptors (Lipinski definition) is 4. The molecule has 1 fully saturated rings. The van der Waals surface area contributed by atoms with Crippen LogP contribution in [0, 0.1) is 12.8 Å². The summed E-state index contributed by atoms with van der Waals surface area (Å²) in [6.45, 7) is 9.36. The maximum atomic E-state index is 12.2. The van der Waals surface area contributed by atoms with Gasteiger partial charge in [-0.15, -0.1) is 0 Å². The van der Waals surface area contributed by atoms with E-state index in [1.165, 1.54) is 11.3 Å². The van der Waals surface area contributed by atoms with E-state index in [9.17, 15) is 9.90 Å². The topological polar surface area (TPSA) is 65.5 Å². The summed E-state index contributed by atoms with van der Waals surface area (Å²) in [5, 5.41) is 14.1. The predicted octanol–water partition coefficient (Wildman–Crippen LogP) is 3.04. The quantitative estimate of drug-likeness (QED) is 0.885. The summed E-state index contributed by atoms with van der Waals surface area (Å²) in [5.41, 5.74) is 2.39. The third-order valence-electron chi connectivity index (χ3n) is 4.91. The van der Waals surface area contributed by atoms with Crippen LogP contribution in [0.3, 0.4) is 0 Å². The second kappa shape index (κ2) is 7.23. The Bertz CT molecular complexity index is 797. The lowest BCUT2D eigenvalue weighted by Gasteiger charge is -2.39. The first kappa shape index (κ1) is 18.6. The fourth-order valence-electron chi connectivity index (χ4n) is 3.90. The first-order chi connectivity index (χ1) is 12.2. The summed E-state index contributed by atoms with van der Waals surface area (Å²) in [7, 11) is 0. The molecule has 2 heterocycles. The van der Waals surface area contributed by atoms with Gasteiger partial charge >= 0.3 is 0 Å². The Hall–Kier alpha value is -2.14. The molecule has 0 spiro atoms. The van der Waals surface area contributed by atoms with Gasteiger partial charge in [0.15, 0.2) is 0 Å². The van der Waals surface area contributed by atoms with Crippen molar-refractivity contribution in [3.8, 4) is 0 Å². The Morgan fingerprint density at radius 2 is 2.12 bits per heavy atom. The zero-order valence-electron chi connectivity index (χ0n) is 16.1. The fraction of sp³-hybridized carbons (Fsp3) is 0.524. The van der Waals surface area contributed by atoms with Crippen LogP contribution in [0.2, 0.25) is 0 Å². The average Bonchev–Trinajstić information content (AvgIpc) is 2.53. The van der Waals surface area contributed by atoms with Gasteiger partial charge in [-0.1, -0.05) is 13.0 Å². The van der Waals surface area contributed by atoms with Crippen LogP contribution in [0.25, 0.3) is 10.9 Å². The van der Waals surface area contributed by atoms with E-state index in [1.54, 1.807) is 13.8 Å². The van der Waals surface area contributed by atoms with Gasteiger partial charge < -0.3 is 15.3 Å². The third kappa shape index (κ3) is 4.33. The minimum atomic E-state index is -0.983. The molecule has 1 aliphatic heterocycles. The van der Waals surface area contributed by atoms with Gasteiger partial charge in [0.2, 0.25) is 5.91 Å². The van der Waals surface area contributed by atoms with E-state index >= 15 is 0 Å². The Kier molecular flexibility index (Phi) is 5.19. The molecule has 2 atom stereocenters. The number of carbonyl (C=O) groups is 1. The molecule has 3 rings (SSSR count). The van der Waals surface area contributed by atoms with E-state index in [0.29, 0.717) is 5.92 Å². The largest absolute Gasteiger partial charge is 0.390 e. The molecule has 1 aromatic heterocycles. The smallest absolute Gasteiger partial charge is 0.223 e. The Morgan fingerprint density at radius 1 is 1.35 bits per heavy atom. The van der Waals surface area contributed by atoms with Gasteiger partial charge in [0, 0.05) is 36.4 Å². The van der Waals surface area contributed by atoms with Gasteiger partial charge in [-0.2, -0.15) is 0 Å². The van der Waals surface area contributed by atoms with Crippen molar-refractivity contribution in [2.24, 2.45) is 5.92 Å². The number of nitrogens with one attached hydrogen (secondary N) is 1. The molecule has 0 radical (unpaired) electrons. The first-order valence-electron chi connectivity index (χ1n) is 9.34. The van der Waals surface area contributed by atoms with Crippen LogP contribution >= 0.6 is 0 Å². The van der Waals surface area contributed by atoms with E-state index in [0.717, 1.165) is 30.4 Å². The Balaban J connectivity index is 1.81. The molecule has 5 heteroatoms. The van der Waals surface area contributed by atoms with Crippen molar-refractivity contribution in [3.05, 3.63) is 36.0 Å². The van der Waals surface area contributed by atoms with Crippen molar-refractivity contribution in [1.29, 1.82) is 0 Å². The molecular formula is C21H29N3O2. The third-order valence-corrected chi connectivity index (χ3v) is 4.91. The normalized spacial score (nSPS) is 21.0. The molecule has 5 nitrogen and oxygen atoms in total. The molecule has 2 N–H and O–H groups in total. The molecule has 0 saturated carbocycles. The highest BCUT2D eigenvalue weighted by Gasteiger charge is 2.28. The van der Waals surface area contributed by atoms with Crippen molar-refractivity contribution in [2.45, 2.75) is 52.2 Å². The van der Waals surface area contributed by atoms with Gasteiger partial charge in [-0.3, -0.25) is 9.78 Å². The van der Waals surface area contributed by atoms with Gasteiger partial charge in [0.25, 0.3) is 0 Å². The number of benzene rings is 1. The van der Waals surface area contributed by atoms with Crippen molar-refractivity contribution in [3.63, 3.8) is 0 Å². The number of hydrogen-bond donors (Lipinski definition) is 2. The number of fused-ring (bicyclic) bond motifs is 1. The van der Waals surface area contributed by atoms with Crippen LogP contribution in [0.4, 0.5) is 5.69 Å². The number of aryl methyl sites for hydroxylation is 1. The first-order valence-corrected chi connectivity index (χ1v) is 9.34. The zero-order valence-corrected chi connectivity index (χ0v) is 16.1. The summed E-state index contributed by atoms with van der Waals surface area (Å²) in [5.74, 6) is 0.385. The Morgan fingerprint density at radius 3 is 2.85 bits per heavy atom. The number of anilines is 1. The minimum absolute atomic E-state index is 0.0848. The fourth-order valence-corrected chi connectivity index (χ4v) is 3.90. The van der Waals surface area contributed by atoms with Crippen molar-refractivity contribution < 1.29 is 9.90 Å². The SMILES string of the molecule is Cc1ccc(N2C[C@@H](C)C[C@@H](NC(=O)CC(C)(C)O)C2)c2cccnc12. The Labute approximate surface area is 155 Å². The second-order valence-electron chi connectivity index (χ2n) is 8.30. The highest BCUT2D eigenvalue weighted by atomic mass is 16.3. The zero-order chi connectivity index (χ0) is 18.9. The van der Waals surface area contributed by atoms with Gasteiger partial charge in [-0.05, 0) is 56.9 Å². The number of piperidine rings is 1. The molecule has 1 aliphatic rings. The minimum Gasteiger partial charge on any atom is -0.390 e. The molecular weight excluding hydrogens is 326 g/mol. The molecule has 1 saturated heterocycles. The van der Waals surface area contributed by atoms with Crippen molar-refractivity contribution >= 4 is 22.5 Å². The number of nitrogens with zero attached hydrogens (tertiary/aromatic N) is 2. The van der Waals surface area contributed by atoms with Crippen LogP contribution in [0.5, 0.6) is 0 Å². The van der Waals surface area contributed by atoms with Gasteiger partial charge in [-0.25, -0.2) is 0 Å². The number of aliphatic hydroxyl groups is 1. The van der Waals surface area contributed by atoms with Crippen molar-refractivity contribution in [2.75, 3.05) is 18.0 Å². The number of pyridine rings is 1. The monoisotopic (exact) mass is 355 g/mol. The number of amides is 1. The molecule has 26 heavy (non-hydrogen) atoms. The van der Waals surface area contributed by atoms with Crippen LogP contribution in [-0.2, 0) is 4.79 Å². The summed E-state index contributed by atoms with van der Waals surface area (Å²) in [6, 6.07) is 8.45. The van der Waals surface area contributed by atoms with E-state index in [4.69, 9.17) is 0 Å². The molecule has 2 aromatic rings. The van der Waals surface area contributed by atoms with Crippen LogP contribution < -0.4 is 10.2 Å². The molecule has 0 bridgehead atoms. The lowest BCUT2D eigenvalue weighted by atomic mass is 9.94. The number of rotatable bonds is 4. The summed E-state index contributed by atoms with van der Waals surface area (Å²) >= 11 is 0. The lowest BCUT2D eigenvalue weighted by Crippen LogP contribution is -2.51. The van der Waals surface area contributed by atoms with Crippen LogP contribution in [0.15, 0.2) is 30.5 Å². The second-order valence-corrected chi connectivity index (χ2v) is 8.30. The molecule has 0 unspecified atom stereocenters. The van der Waals surface area contributed by atoms with Crippen LogP contribution in [-0.4, -0.2) is 40.7 Å². The summed E-state index contributed by atoms with van der Waals surface area (Å²) in [6.07, 6.45) is 2.91. The number of aromatic nitrogens is 1. The van der Waals surface area contributed by atoms with Gasteiger partial charge in [0.1, 0.15) is 0 Å². The van der Waals surface area contributed by atoms with E-state index < -0.39 is 5.60 Å². The van der Waals surface area contributed by atoms with E-state index in [-0.39, 0.29) is 18.4 Å². The van der Waals surface area contributed by atoms with E-state index in [2.05, 4.69) is 47.2 Å². The molecule has 1 aromatic carbocycles. The van der Waals surface area contributed by atoms with E-state index in [1.807, 2.05) is 12.3 Å². The predicted molar refractivity (Wildman–Crippen MR) is 105 cm³/mol. The average molecular weight is 355 g/mol. The summed E-state index contributed by atoms with van der Waals surface area (Å²) < 4.78 is 0. The molecule has 140 valence electrons. The number of carbonyl (C=O) groups excluding carboxylic acids is 1. The highest BCUT2D eigenvalue weighted by Crippen LogP contribution is 2.31. The van der Waals surface area contributed by atoms with Gasteiger partial charge in [0.05, 0.1) is 17.5 Å². The highest BCUT2D eigenvalue weighted by molar-refractivity contribution is 5.93. The molecule has 1 amide bonds. The van der Waals surface area contributed by atoms with Crippen molar-refractivity contribution in [1.82, 2.24) is 10.3 Å². The maximum absolute atomic E-state index is 12.2. The standard InChI is InChI=1S/C21H29N3O2/c1-14-10-16(23-19(25)11-21(3,4)26)13-24(12-14)18-8-7-15(2)20-17(18)6-5-9-22-20/h5-9,14,16,26H,10-13H2,1-4H3,(H,23,25)/t14-,16+/m0/s1. The summed E-state index contributed by atoms with van der Waals surface area (Å²) in [4.78, 5) is 19.1.